The molecule has 2 aromatic carbocycles. The summed E-state index contributed by atoms with van der Waals surface area (Å²) < 4.78 is 7.58. The van der Waals surface area contributed by atoms with Crippen LogP contribution in [0.3, 0.4) is 0 Å². The van der Waals surface area contributed by atoms with Crippen molar-refractivity contribution in [2.24, 2.45) is 0 Å². The number of halogens is 1. The Morgan fingerprint density at radius 2 is 1.81 bits per heavy atom. The fraction of sp³-hybridized carbons (Fsp3) is 0.238. The highest BCUT2D eigenvalue weighted by atomic mass is 35.5. The molecule has 0 fully saturated rings. The SMILES string of the molecule is Cc1cc(OCC(=O)NCc2ccc(-n3ccnc3C)cc2)cc(C)c1Cl. The molecular weight excluding hydrogens is 362 g/mol. The summed E-state index contributed by atoms with van der Waals surface area (Å²) >= 11 is 6.14. The van der Waals surface area contributed by atoms with Crippen LogP contribution in [-0.4, -0.2) is 22.1 Å². The Labute approximate surface area is 164 Å². The smallest absolute Gasteiger partial charge is 0.258 e. The summed E-state index contributed by atoms with van der Waals surface area (Å²) in [5, 5.41) is 3.59. The number of amides is 1. The monoisotopic (exact) mass is 383 g/mol. The van der Waals surface area contributed by atoms with Crippen LogP contribution in [0, 0.1) is 20.8 Å². The predicted octanol–water partition coefficient (Wildman–Crippen LogP) is 4.15. The number of carbonyl (C=O) groups is 1. The molecule has 0 bridgehead atoms. The van der Waals surface area contributed by atoms with Gasteiger partial charge < -0.3 is 14.6 Å². The molecule has 1 N–H and O–H groups in total. The summed E-state index contributed by atoms with van der Waals surface area (Å²) in [4.78, 5) is 16.3. The van der Waals surface area contributed by atoms with Crippen LogP contribution in [0.1, 0.15) is 22.5 Å². The van der Waals surface area contributed by atoms with Crippen molar-refractivity contribution in [3.05, 3.63) is 76.3 Å². The minimum absolute atomic E-state index is 0.0349. The maximum Gasteiger partial charge on any atom is 0.258 e. The van der Waals surface area contributed by atoms with Crippen LogP contribution < -0.4 is 10.1 Å². The Hall–Kier alpha value is -2.79. The van der Waals surface area contributed by atoms with Crippen molar-refractivity contribution in [2.75, 3.05) is 6.61 Å². The summed E-state index contributed by atoms with van der Waals surface area (Å²) in [5.41, 5.74) is 3.92. The molecule has 0 aliphatic heterocycles. The van der Waals surface area contributed by atoms with Crippen LogP contribution in [-0.2, 0) is 11.3 Å². The number of aromatic nitrogens is 2. The van der Waals surface area contributed by atoms with Crippen molar-refractivity contribution >= 4 is 17.5 Å². The van der Waals surface area contributed by atoms with Crippen LogP contribution >= 0.6 is 11.6 Å². The lowest BCUT2D eigenvalue weighted by molar-refractivity contribution is -0.123. The molecule has 0 saturated carbocycles. The van der Waals surface area contributed by atoms with E-state index in [1.54, 1.807) is 6.20 Å². The Morgan fingerprint density at radius 3 is 2.41 bits per heavy atom. The van der Waals surface area contributed by atoms with E-state index >= 15 is 0 Å². The third-order valence-electron chi connectivity index (χ3n) is 4.31. The molecule has 1 aromatic heterocycles. The van der Waals surface area contributed by atoms with Crippen LogP contribution in [0.4, 0.5) is 0 Å². The quantitative estimate of drug-likeness (QED) is 0.695. The van der Waals surface area contributed by atoms with Gasteiger partial charge in [-0.3, -0.25) is 4.79 Å². The average Bonchev–Trinajstić information content (AvgIpc) is 3.09. The van der Waals surface area contributed by atoms with Crippen molar-refractivity contribution in [3.63, 3.8) is 0 Å². The first kappa shape index (κ1) is 19.0. The van der Waals surface area contributed by atoms with Gasteiger partial charge in [0.15, 0.2) is 6.61 Å². The Balaban J connectivity index is 1.51. The second kappa shape index (κ2) is 8.27. The van der Waals surface area contributed by atoms with Crippen molar-refractivity contribution in [3.8, 4) is 11.4 Å². The number of ether oxygens (including phenoxy) is 1. The molecule has 1 heterocycles. The Bertz CT molecular complexity index is 925. The first-order chi connectivity index (χ1) is 12.9. The minimum Gasteiger partial charge on any atom is -0.484 e. The van der Waals surface area contributed by atoms with Gasteiger partial charge in [-0.15, -0.1) is 0 Å². The maximum atomic E-state index is 12.1. The molecule has 3 aromatic rings. The van der Waals surface area contributed by atoms with Crippen molar-refractivity contribution in [1.29, 1.82) is 0 Å². The zero-order valence-corrected chi connectivity index (χ0v) is 16.4. The molecule has 0 radical (unpaired) electrons. The zero-order valence-electron chi connectivity index (χ0n) is 15.6. The number of imidazole rings is 1. The van der Waals surface area contributed by atoms with Crippen molar-refractivity contribution < 1.29 is 9.53 Å². The van der Waals surface area contributed by atoms with Gasteiger partial charge in [-0.2, -0.15) is 0 Å². The summed E-state index contributed by atoms with van der Waals surface area (Å²) in [5.74, 6) is 1.40. The first-order valence-electron chi connectivity index (χ1n) is 8.69. The van der Waals surface area contributed by atoms with Gasteiger partial charge in [-0.25, -0.2) is 4.98 Å². The highest BCUT2D eigenvalue weighted by Gasteiger charge is 2.07. The lowest BCUT2D eigenvalue weighted by Crippen LogP contribution is -2.28. The molecule has 0 aliphatic carbocycles. The molecule has 3 rings (SSSR count). The number of nitrogens with zero attached hydrogens (tertiary/aromatic N) is 2. The topological polar surface area (TPSA) is 56.1 Å². The third-order valence-corrected chi connectivity index (χ3v) is 4.91. The van der Waals surface area contributed by atoms with E-state index in [1.807, 2.05) is 67.9 Å². The average molecular weight is 384 g/mol. The lowest BCUT2D eigenvalue weighted by Gasteiger charge is -2.11. The summed E-state index contributed by atoms with van der Waals surface area (Å²) in [7, 11) is 0. The summed E-state index contributed by atoms with van der Waals surface area (Å²) in [6.07, 6.45) is 3.69. The van der Waals surface area contributed by atoms with Gasteiger partial charge in [-0.1, -0.05) is 23.7 Å². The maximum absolute atomic E-state index is 12.1. The summed E-state index contributed by atoms with van der Waals surface area (Å²) in [6.45, 7) is 6.20. The molecule has 0 unspecified atom stereocenters. The second-order valence-electron chi connectivity index (χ2n) is 6.45. The minimum atomic E-state index is -0.171. The van der Waals surface area contributed by atoms with E-state index in [4.69, 9.17) is 16.3 Å². The van der Waals surface area contributed by atoms with Gasteiger partial charge in [0, 0.05) is 29.6 Å². The van der Waals surface area contributed by atoms with E-state index in [1.165, 1.54) is 0 Å². The number of rotatable bonds is 6. The normalized spacial score (nSPS) is 10.7. The van der Waals surface area contributed by atoms with Gasteiger partial charge in [0.25, 0.3) is 5.91 Å². The van der Waals surface area contributed by atoms with Gasteiger partial charge in [-0.05, 0) is 61.7 Å². The van der Waals surface area contributed by atoms with Crippen molar-refractivity contribution in [1.82, 2.24) is 14.9 Å². The number of nitrogens with one attached hydrogen (secondary N) is 1. The number of benzene rings is 2. The molecule has 0 spiro atoms. The molecule has 0 atom stereocenters. The van der Waals surface area contributed by atoms with Gasteiger partial charge in [0.05, 0.1) is 0 Å². The van der Waals surface area contributed by atoms with Gasteiger partial charge in [0.2, 0.25) is 0 Å². The fourth-order valence-corrected chi connectivity index (χ4v) is 2.92. The third kappa shape index (κ3) is 4.68. The van der Waals surface area contributed by atoms with E-state index in [2.05, 4.69) is 10.3 Å². The molecule has 6 heteroatoms. The van der Waals surface area contributed by atoms with Crippen molar-refractivity contribution in [2.45, 2.75) is 27.3 Å². The van der Waals surface area contributed by atoms with Crippen LogP contribution in [0.15, 0.2) is 48.8 Å². The molecule has 27 heavy (non-hydrogen) atoms. The van der Waals surface area contributed by atoms with Gasteiger partial charge in [0.1, 0.15) is 11.6 Å². The fourth-order valence-electron chi connectivity index (χ4n) is 2.82. The van der Waals surface area contributed by atoms with Crippen LogP contribution in [0.2, 0.25) is 5.02 Å². The zero-order chi connectivity index (χ0) is 19.4. The predicted molar refractivity (Wildman–Crippen MR) is 107 cm³/mol. The van der Waals surface area contributed by atoms with E-state index in [0.29, 0.717) is 12.3 Å². The van der Waals surface area contributed by atoms with Crippen LogP contribution in [0.5, 0.6) is 5.75 Å². The molecule has 0 aliphatic rings. The van der Waals surface area contributed by atoms with E-state index < -0.39 is 0 Å². The standard InChI is InChI=1S/C21H22ClN3O2/c1-14-10-19(11-15(2)21(14)22)27-13-20(26)24-12-17-4-6-18(7-5-17)25-9-8-23-16(25)3/h4-11H,12-13H2,1-3H3,(H,24,26). The molecule has 5 nitrogen and oxygen atoms in total. The Kier molecular flexibility index (Phi) is 5.81. The molecule has 140 valence electrons. The molecular formula is C21H22ClN3O2. The lowest BCUT2D eigenvalue weighted by atomic mass is 10.1. The second-order valence-corrected chi connectivity index (χ2v) is 6.83. The van der Waals surface area contributed by atoms with Gasteiger partial charge >= 0.3 is 0 Å². The number of carbonyl (C=O) groups excluding carboxylic acids is 1. The number of hydrogen-bond acceptors (Lipinski definition) is 3. The highest BCUT2D eigenvalue weighted by molar-refractivity contribution is 6.32. The first-order valence-corrected chi connectivity index (χ1v) is 9.07. The largest absolute Gasteiger partial charge is 0.484 e. The van der Waals surface area contributed by atoms with E-state index in [0.717, 1.165) is 33.2 Å². The van der Waals surface area contributed by atoms with E-state index in [-0.39, 0.29) is 12.5 Å². The highest BCUT2D eigenvalue weighted by Crippen LogP contribution is 2.25. The Morgan fingerprint density at radius 1 is 1.15 bits per heavy atom. The van der Waals surface area contributed by atoms with Crippen LogP contribution in [0.25, 0.3) is 5.69 Å². The number of aryl methyl sites for hydroxylation is 3. The van der Waals surface area contributed by atoms with E-state index in [9.17, 15) is 4.79 Å². The molecule has 1 amide bonds. The number of hydrogen-bond donors (Lipinski definition) is 1. The molecule has 0 saturated heterocycles. The summed E-state index contributed by atoms with van der Waals surface area (Å²) in [6, 6.07) is 11.7.